The van der Waals surface area contributed by atoms with Gasteiger partial charge in [-0.05, 0) is 59.7 Å². The first kappa shape index (κ1) is 37.5. The molecule has 4 aromatic rings. The Morgan fingerprint density at radius 3 is 1.18 bits per heavy atom. The third kappa shape index (κ3) is 12.6. The fourth-order valence-corrected chi connectivity index (χ4v) is 7.74. The summed E-state index contributed by atoms with van der Waals surface area (Å²) in [6.45, 7) is 0. The summed E-state index contributed by atoms with van der Waals surface area (Å²) in [5.74, 6) is -2.57. The fourth-order valence-electron chi connectivity index (χ4n) is 3.67. The lowest BCUT2D eigenvalue weighted by molar-refractivity contribution is -0.133. The molecular weight excluding hydrogens is 733 g/mol. The lowest BCUT2D eigenvalue weighted by Crippen LogP contribution is -2.14. The van der Waals surface area contributed by atoms with Crippen molar-refractivity contribution in [1.82, 2.24) is 0 Å². The van der Waals surface area contributed by atoms with Gasteiger partial charge in [-0.15, -0.1) is 0 Å². The second kappa shape index (κ2) is 17.9. The second-order valence-electron chi connectivity index (χ2n) is 9.55. The Labute approximate surface area is 296 Å². The number of nitrogens with zero attached hydrogens (tertiary/aromatic N) is 2. The largest absolute Gasteiger partial charge is 0.464 e. The van der Waals surface area contributed by atoms with Crippen LogP contribution in [0, 0.1) is 0 Å². The van der Waals surface area contributed by atoms with Crippen LogP contribution in [0.5, 0.6) is 0 Å². The van der Waals surface area contributed by atoms with Gasteiger partial charge in [0.05, 0.1) is 14.2 Å². The molecule has 0 unspecified atom stereocenters. The van der Waals surface area contributed by atoms with E-state index in [9.17, 15) is 26.4 Å². The van der Waals surface area contributed by atoms with Gasteiger partial charge < -0.3 is 9.47 Å². The number of rotatable bonds is 12. The molecule has 4 rings (SSSR count). The summed E-state index contributed by atoms with van der Waals surface area (Å²) in [6, 6.07) is 30.9. The number of benzene rings is 4. The molecule has 0 aromatic heterocycles. The molecule has 17 heteroatoms. The third-order valence-corrected chi connectivity index (χ3v) is 10.7. The lowest BCUT2D eigenvalue weighted by atomic mass is 10.2. The van der Waals surface area contributed by atoms with E-state index in [1.165, 1.54) is 11.8 Å². The Bertz CT molecular complexity index is 1860. The van der Waals surface area contributed by atoms with Crippen molar-refractivity contribution in [2.24, 2.45) is 10.3 Å². The summed E-state index contributed by atoms with van der Waals surface area (Å²) < 4.78 is 68.5. The number of ether oxygens (including phenoxy) is 2. The van der Waals surface area contributed by atoms with E-state index in [2.05, 4.69) is 10.3 Å². The van der Waals surface area contributed by atoms with Crippen LogP contribution in [-0.2, 0) is 59.4 Å². The number of hydrogen-bond donors (Lipinski definition) is 0. The van der Waals surface area contributed by atoms with Crippen molar-refractivity contribution in [1.29, 1.82) is 0 Å². The standard InChI is InChI=1S/C32H28N2O10S5/c1-41-31(35)29(33-43-48(37,38)21-23-9-5-3-6-10-23)46-27-17-13-25(14-18-27)45-26-15-19-28(20-16-26)47-30(32(36)42-2)34-44-49(39,40)22-24-11-7-4-8-12-24/h3-20H,21-22H2,1-2H3/b33-29-,34-30-. The Kier molecular flexibility index (Phi) is 13.7. The number of methoxy groups -OCH3 is 2. The van der Waals surface area contributed by atoms with Crippen LogP contribution in [0.3, 0.4) is 0 Å². The first-order valence-electron chi connectivity index (χ1n) is 13.9. The molecule has 0 fully saturated rings. The van der Waals surface area contributed by atoms with Gasteiger partial charge in [-0.3, -0.25) is 8.57 Å². The molecule has 0 aliphatic carbocycles. The molecule has 0 atom stereocenters. The molecule has 256 valence electrons. The SMILES string of the molecule is COC(=O)/C(=N/OS(=O)(=O)Cc1ccccc1)Sc1ccc(Sc2ccc(S/C(=N\OS(=O)(=O)Cc3ccccc3)C(=O)OC)cc2)cc1. The summed E-state index contributed by atoms with van der Waals surface area (Å²) in [5.41, 5.74) is 1.01. The number of carbonyl (C=O) groups excluding carboxylic acids is 2. The highest BCUT2D eigenvalue weighted by atomic mass is 32.2. The molecule has 0 amide bonds. The minimum atomic E-state index is -4.11. The molecule has 49 heavy (non-hydrogen) atoms. The number of esters is 2. The van der Waals surface area contributed by atoms with Gasteiger partial charge in [0.1, 0.15) is 11.5 Å². The number of carbonyl (C=O) groups is 2. The summed E-state index contributed by atoms with van der Waals surface area (Å²) in [5, 5.41) is 6.53. The summed E-state index contributed by atoms with van der Waals surface area (Å²) in [7, 11) is -5.93. The molecule has 0 saturated heterocycles. The van der Waals surface area contributed by atoms with Crippen LogP contribution in [-0.4, -0.2) is 53.1 Å². The smallest absolute Gasteiger partial charge is 0.367 e. The van der Waals surface area contributed by atoms with Gasteiger partial charge in [-0.1, -0.05) is 106 Å². The molecule has 0 aliphatic rings. The molecule has 0 radical (unpaired) electrons. The van der Waals surface area contributed by atoms with Crippen molar-refractivity contribution in [2.75, 3.05) is 14.2 Å². The highest BCUT2D eigenvalue weighted by Crippen LogP contribution is 2.32. The number of hydrogen-bond acceptors (Lipinski definition) is 15. The highest BCUT2D eigenvalue weighted by molar-refractivity contribution is 8.16. The summed E-state index contributed by atoms with van der Waals surface area (Å²) in [4.78, 5) is 27.4. The molecule has 0 bridgehead atoms. The van der Waals surface area contributed by atoms with Crippen molar-refractivity contribution < 1.29 is 44.5 Å². The maximum Gasteiger partial charge on any atom is 0.367 e. The maximum atomic E-state index is 12.4. The summed E-state index contributed by atoms with van der Waals surface area (Å²) >= 11 is 3.18. The molecule has 0 N–H and O–H groups in total. The topological polar surface area (TPSA) is 164 Å². The molecule has 0 aliphatic heterocycles. The van der Waals surface area contributed by atoms with E-state index < -0.39 is 43.7 Å². The Morgan fingerprint density at radius 2 is 0.857 bits per heavy atom. The average molecular weight is 761 g/mol. The molecule has 12 nitrogen and oxygen atoms in total. The second-order valence-corrected chi connectivity index (χ2v) is 15.9. The first-order chi connectivity index (χ1) is 23.4. The van der Waals surface area contributed by atoms with Crippen molar-refractivity contribution in [2.45, 2.75) is 31.1 Å². The van der Waals surface area contributed by atoms with Crippen LogP contribution >= 0.6 is 35.3 Å². The zero-order chi connectivity index (χ0) is 35.3. The van der Waals surface area contributed by atoms with E-state index in [0.29, 0.717) is 20.9 Å². The van der Waals surface area contributed by atoms with E-state index in [1.54, 1.807) is 109 Å². The highest BCUT2D eigenvalue weighted by Gasteiger charge is 2.21. The van der Waals surface area contributed by atoms with Crippen LogP contribution < -0.4 is 0 Å². The molecule has 0 spiro atoms. The van der Waals surface area contributed by atoms with Crippen LogP contribution in [0.1, 0.15) is 11.1 Å². The first-order valence-corrected chi connectivity index (χ1v) is 19.5. The van der Waals surface area contributed by atoms with E-state index >= 15 is 0 Å². The predicted octanol–water partition coefficient (Wildman–Crippen LogP) is 6.09. The van der Waals surface area contributed by atoms with Crippen LogP contribution in [0.25, 0.3) is 0 Å². The monoisotopic (exact) mass is 760 g/mol. The van der Waals surface area contributed by atoms with Crippen LogP contribution in [0.15, 0.2) is 139 Å². The molecule has 0 saturated carbocycles. The molecule has 0 heterocycles. The van der Waals surface area contributed by atoms with Crippen molar-refractivity contribution in [3.05, 3.63) is 120 Å². The van der Waals surface area contributed by atoms with E-state index in [4.69, 9.17) is 18.0 Å². The van der Waals surface area contributed by atoms with Gasteiger partial charge in [0.2, 0.25) is 10.1 Å². The Hall–Kier alpha value is -4.29. The van der Waals surface area contributed by atoms with E-state index in [-0.39, 0.29) is 10.1 Å². The van der Waals surface area contributed by atoms with Crippen molar-refractivity contribution >= 4 is 77.5 Å². The van der Waals surface area contributed by atoms with Gasteiger partial charge in [-0.25, -0.2) is 9.59 Å². The van der Waals surface area contributed by atoms with Crippen molar-refractivity contribution in [3.8, 4) is 0 Å². The van der Waals surface area contributed by atoms with E-state index in [0.717, 1.165) is 47.5 Å². The quantitative estimate of drug-likeness (QED) is 0.0537. The normalized spacial score (nSPS) is 12.2. The molecular formula is C32H28N2O10S5. The van der Waals surface area contributed by atoms with Gasteiger partial charge in [-0.2, -0.15) is 16.8 Å². The number of thioether (sulfide) groups is 2. The Morgan fingerprint density at radius 1 is 0.531 bits per heavy atom. The van der Waals surface area contributed by atoms with E-state index in [1.807, 2.05) is 0 Å². The van der Waals surface area contributed by atoms with Gasteiger partial charge in [0.15, 0.2) is 0 Å². The minimum Gasteiger partial charge on any atom is -0.464 e. The average Bonchev–Trinajstić information content (AvgIpc) is 3.09. The lowest BCUT2D eigenvalue weighted by Gasteiger charge is -2.08. The third-order valence-electron chi connectivity index (χ3n) is 5.87. The predicted molar refractivity (Wildman–Crippen MR) is 188 cm³/mol. The zero-order valence-electron chi connectivity index (χ0n) is 25.8. The van der Waals surface area contributed by atoms with Crippen LogP contribution in [0.2, 0.25) is 0 Å². The molecule has 4 aromatic carbocycles. The van der Waals surface area contributed by atoms with Crippen molar-refractivity contribution in [3.63, 3.8) is 0 Å². The van der Waals surface area contributed by atoms with Gasteiger partial charge in [0, 0.05) is 19.6 Å². The van der Waals surface area contributed by atoms with Gasteiger partial charge >= 0.3 is 32.2 Å². The fraction of sp³-hybridized carbons (Fsp3) is 0.125. The van der Waals surface area contributed by atoms with Crippen LogP contribution in [0.4, 0.5) is 0 Å². The number of oxime groups is 2. The van der Waals surface area contributed by atoms with Gasteiger partial charge in [0.25, 0.3) is 0 Å². The maximum absolute atomic E-state index is 12.4. The summed E-state index contributed by atoms with van der Waals surface area (Å²) in [6.07, 6.45) is 0. The Balaban J connectivity index is 1.37. The minimum absolute atomic E-state index is 0.304. The zero-order valence-corrected chi connectivity index (χ0v) is 29.9.